The fourth-order valence-electron chi connectivity index (χ4n) is 3.49. The molecule has 126 valence electrons. The predicted molar refractivity (Wildman–Crippen MR) is 94.9 cm³/mol. The molecular weight excluding hydrogens is 298 g/mol. The average Bonchev–Trinajstić information content (AvgIpc) is 2.60. The Hall–Kier alpha value is -2.23. The van der Waals surface area contributed by atoms with Gasteiger partial charge in [0.15, 0.2) is 0 Å². The van der Waals surface area contributed by atoms with Crippen LogP contribution in [0.25, 0.3) is 0 Å². The van der Waals surface area contributed by atoms with Gasteiger partial charge in [0.25, 0.3) is 5.91 Å². The maximum absolute atomic E-state index is 13.0. The summed E-state index contributed by atoms with van der Waals surface area (Å²) in [4.78, 5) is 23.6. The third-order valence-corrected chi connectivity index (χ3v) is 4.83. The Bertz CT molecular complexity index is 699. The Labute approximate surface area is 143 Å². The summed E-state index contributed by atoms with van der Waals surface area (Å²) in [5.41, 5.74) is 2.76. The van der Waals surface area contributed by atoms with E-state index in [2.05, 4.69) is 34.2 Å². The van der Waals surface area contributed by atoms with Gasteiger partial charge in [0.2, 0.25) is 0 Å². The maximum atomic E-state index is 13.0. The zero-order valence-corrected chi connectivity index (χ0v) is 14.5. The van der Waals surface area contributed by atoms with Gasteiger partial charge in [0.1, 0.15) is 5.82 Å². The summed E-state index contributed by atoms with van der Waals surface area (Å²) >= 11 is 0. The van der Waals surface area contributed by atoms with Crippen LogP contribution in [0.15, 0.2) is 36.5 Å². The van der Waals surface area contributed by atoms with Crippen molar-refractivity contribution in [3.8, 4) is 0 Å². The fourth-order valence-corrected chi connectivity index (χ4v) is 3.49. The Balaban J connectivity index is 1.72. The number of aromatic nitrogens is 2. The summed E-state index contributed by atoms with van der Waals surface area (Å²) in [6, 6.07) is 10.8. The third-order valence-electron chi connectivity index (χ3n) is 4.83. The number of piperidine rings is 1. The summed E-state index contributed by atoms with van der Waals surface area (Å²) in [5.74, 6) is 0.800. The highest BCUT2D eigenvalue weighted by Gasteiger charge is 2.28. The molecule has 4 heteroatoms. The molecule has 1 unspecified atom stereocenters. The van der Waals surface area contributed by atoms with Crippen LogP contribution in [0.3, 0.4) is 0 Å². The molecule has 1 saturated heterocycles. The van der Waals surface area contributed by atoms with Crippen LogP contribution in [0.2, 0.25) is 0 Å². The van der Waals surface area contributed by atoms with Crippen molar-refractivity contribution in [2.45, 2.75) is 52.0 Å². The summed E-state index contributed by atoms with van der Waals surface area (Å²) in [6.07, 6.45) is 7.08. The van der Waals surface area contributed by atoms with Crippen molar-refractivity contribution in [1.29, 1.82) is 0 Å². The molecule has 0 aliphatic carbocycles. The minimum absolute atomic E-state index is 0.0882. The molecule has 1 amide bonds. The second-order valence-corrected chi connectivity index (χ2v) is 6.59. The lowest BCUT2D eigenvalue weighted by atomic mass is 9.95. The number of carbonyl (C=O) groups excluding carboxylic acids is 1. The molecule has 4 nitrogen and oxygen atoms in total. The van der Waals surface area contributed by atoms with Crippen LogP contribution < -0.4 is 0 Å². The van der Waals surface area contributed by atoms with E-state index in [0.717, 1.165) is 37.9 Å². The van der Waals surface area contributed by atoms with E-state index in [1.54, 1.807) is 6.20 Å². The third kappa shape index (κ3) is 3.81. The normalized spacial score (nSPS) is 17.8. The van der Waals surface area contributed by atoms with Crippen molar-refractivity contribution in [3.63, 3.8) is 0 Å². The number of hydrogen-bond acceptors (Lipinski definition) is 3. The van der Waals surface area contributed by atoms with Gasteiger partial charge < -0.3 is 4.90 Å². The predicted octanol–water partition coefficient (Wildman–Crippen LogP) is 3.72. The van der Waals surface area contributed by atoms with Gasteiger partial charge in [0.05, 0.1) is 11.3 Å². The number of amides is 1. The van der Waals surface area contributed by atoms with Gasteiger partial charge in [-0.05, 0) is 51.5 Å². The molecular formula is C20H25N3O. The first kappa shape index (κ1) is 16.6. The minimum Gasteiger partial charge on any atom is -0.336 e. The van der Waals surface area contributed by atoms with Crippen molar-refractivity contribution >= 4 is 5.91 Å². The molecule has 0 radical (unpaired) electrons. The van der Waals surface area contributed by atoms with E-state index in [4.69, 9.17) is 0 Å². The molecule has 0 N–H and O–H groups in total. The average molecular weight is 323 g/mol. The van der Waals surface area contributed by atoms with Crippen LogP contribution in [-0.2, 0) is 6.42 Å². The van der Waals surface area contributed by atoms with E-state index in [1.165, 1.54) is 12.0 Å². The molecule has 2 heterocycles. The number of rotatable bonds is 4. The molecule has 1 aromatic carbocycles. The van der Waals surface area contributed by atoms with Crippen molar-refractivity contribution in [3.05, 3.63) is 59.2 Å². The van der Waals surface area contributed by atoms with Crippen LogP contribution in [0.1, 0.15) is 53.1 Å². The Morgan fingerprint density at radius 1 is 1.21 bits per heavy atom. The van der Waals surface area contributed by atoms with Gasteiger partial charge in [-0.3, -0.25) is 4.79 Å². The Morgan fingerprint density at radius 2 is 2.00 bits per heavy atom. The first-order chi connectivity index (χ1) is 11.6. The zero-order valence-electron chi connectivity index (χ0n) is 14.5. The number of benzene rings is 1. The Kier molecular flexibility index (Phi) is 5.24. The van der Waals surface area contributed by atoms with Gasteiger partial charge in [-0.2, -0.15) is 0 Å². The summed E-state index contributed by atoms with van der Waals surface area (Å²) in [7, 11) is 0. The minimum atomic E-state index is 0.0882. The van der Waals surface area contributed by atoms with E-state index in [1.807, 2.05) is 24.8 Å². The largest absolute Gasteiger partial charge is 0.336 e. The molecule has 0 spiro atoms. The fraction of sp³-hybridized carbons (Fsp3) is 0.450. The van der Waals surface area contributed by atoms with Crippen LogP contribution >= 0.6 is 0 Å². The molecule has 1 aliphatic heterocycles. The van der Waals surface area contributed by atoms with E-state index in [-0.39, 0.29) is 5.91 Å². The first-order valence-corrected chi connectivity index (χ1v) is 8.80. The number of likely N-dealkylation sites (tertiary alicyclic amines) is 1. The van der Waals surface area contributed by atoms with Gasteiger partial charge in [-0.25, -0.2) is 9.97 Å². The second-order valence-electron chi connectivity index (χ2n) is 6.59. The molecule has 24 heavy (non-hydrogen) atoms. The maximum Gasteiger partial charge on any atom is 0.257 e. The van der Waals surface area contributed by atoms with Crippen molar-refractivity contribution in [2.24, 2.45) is 0 Å². The van der Waals surface area contributed by atoms with Crippen LogP contribution in [0.4, 0.5) is 0 Å². The van der Waals surface area contributed by atoms with Crippen LogP contribution in [0, 0.1) is 13.8 Å². The lowest BCUT2D eigenvalue weighted by Crippen LogP contribution is -2.44. The van der Waals surface area contributed by atoms with Crippen molar-refractivity contribution < 1.29 is 4.79 Å². The summed E-state index contributed by atoms with van der Waals surface area (Å²) in [5, 5.41) is 0. The zero-order chi connectivity index (χ0) is 16.9. The van der Waals surface area contributed by atoms with E-state index >= 15 is 0 Å². The summed E-state index contributed by atoms with van der Waals surface area (Å²) in [6.45, 7) is 4.58. The number of nitrogens with zero attached hydrogens (tertiary/aromatic N) is 3. The quantitative estimate of drug-likeness (QED) is 0.861. The summed E-state index contributed by atoms with van der Waals surface area (Å²) < 4.78 is 0. The molecule has 3 rings (SSSR count). The van der Waals surface area contributed by atoms with Crippen molar-refractivity contribution in [1.82, 2.24) is 14.9 Å². The lowest BCUT2D eigenvalue weighted by Gasteiger charge is -2.36. The van der Waals surface area contributed by atoms with Crippen LogP contribution in [-0.4, -0.2) is 33.4 Å². The van der Waals surface area contributed by atoms with E-state index in [9.17, 15) is 4.79 Å². The molecule has 0 bridgehead atoms. The smallest absolute Gasteiger partial charge is 0.257 e. The number of aryl methyl sites for hydroxylation is 3. The van der Waals surface area contributed by atoms with Gasteiger partial charge in [-0.15, -0.1) is 0 Å². The van der Waals surface area contributed by atoms with Crippen molar-refractivity contribution in [2.75, 3.05) is 6.54 Å². The highest BCUT2D eigenvalue weighted by Crippen LogP contribution is 2.24. The molecule has 1 aliphatic rings. The highest BCUT2D eigenvalue weighted by molar-refractivity contribution is 5.95. The molecule has 1 fully saturated rings. The Morgan fingerprint density at radius 3 is 2.75 bits per heavy atom. The lowest BCUT2D eigenvalue weighted by molar-refractivity contribution is 0.0600. The second kappa shape index (κ2) is 7.56. The van der Waals surface area contributed by atoms with Gasteiger partial charge in [-0.1, -0.05) is 30.3 Å². The van der Waals surface area contributed by atoms with E-state index in [0.29, 0.717) is 17.4 Å². The molecule has 0 saturated carbocycles. The van der Waals surface area contributed by atoms with E-state index < -0.39 is 0 Å². The van der Waals surface area contributed by atoms with Crippen LogP contribution in [0.5, 0.6) is 0 Å². The van der Waals surface area contributed by atoms with Gasteiger partial charge in [0, 0.05) is 18.8 Å². The monoisotopic (exact) mass is 323 g/mol. The topological polar surface area (TPSA) is 46.1 Å². The SMILES string of the molecule is Cc1ncc(C(=O)N2CCCCC2CCc2ccccc2)c(C)n1. The standard InChI is InChI=1S/C20H25N3O/c1-15-19(14-21-16(2)22-15)20(24)23-13-7-6-10-18(23)12-11-17-8-4-3-5-9-17/h3-5,8-9,14,18H,6-7,10-13H2,1-2H3. The number of carbonyl (C=O) groups is 1. The first-order valence-electron chi connectivity index (χ1n) is 8.80. The number of hydrogen-bond donors (Lipinski definition) is 0. The molecule has 1 atom stereocenters. The molecule has 1 aromatic heterocycles. The van der Waals surface area contributed by atoms with Gasteiger partial charge >= 0.3 is 0 Å². The highest BCUT2D eigenvalue weighted by atomic mass is 16.2. The molecule has 2 aromatic rings.